The lowest BCUT2D eigenvalue weighted by atomic mass is 10.2. The van der Waals surface area contributed by atoms with Gasteiger partial charge in [0.25, 0.3) is 0 Å². The van der Waals surface area contributed by atoms with Crippen LogP contribution in [0, 0.1) is 0 Å². The molecule has 1 aromatic heterocycles. The van der Waals surface area contributed by atoms with Crippen molar-refractivity contribution in [2.45, 2.75) is 45.6 Å². The highest BCUT2D eigenvalue weighted by Crippen LogP contribution is 2.23. The van der Waals surface area contributed by atoms with Gasteiger partial charge in [-0.3, -0.25) is 4.79 Å². The first-order chi connectivity index (χ1) is 18.5. The first kappa shape index (κ1) is 29.9. The summed E-state index contributed by atoms with van der Waals surface area (Å²) < 4.78 is 5.94. The van der Waals surface area contributed by atoms with Gasteiger partial charge in [0.2, 0.25) is 11.9 Å². The summed E-state index contributed by atoms with van der Waals surface area (Å²) in [6.45, 7) is 7.78. The Morgan fingerprint density at radius 3 is 2.56 bits per heavy atom. The van der Waals surface area contributed by atoms with E-state index in [-0.39, 0.29) is 18.5 Å². The maximum Gasteiger partial charge on any atom is 0.410 e. The van der Waals surface area contributed by atoms with Crippen molar-refractivity contribution in [1.82, 2.24) is 25.1 Å². The summed E-state index contributed by atoms with van der Waals surface area (Å²) in [4.78, 5) is 48.4. The number of halogens is 1. The molecule has 1 fully saturated rings. The van der Waals surface area contributed by atoms with Gasteiger partial charge >= 0.3 is 12.1 Å². The van der Waals surface area contributed by atoms with Crippen molar-refractivity contribution in [3.05, 3.63) is 34.9 Å². The van der Waals surface area contributed by atoms with Crippen LogP contribution in [-0.2, 0) is 9.53 Å². The second kappa shape index (κ2) is 14.0. The van der Waals surface area contributed by atoms with Gasteiger partial charge in [-0.1, -0.05) is 6.07 Å². The van der Waals surface area contributed by atoms with E-state index in [0.717, 1.165) is 31.6 Å². The summed E-state index contributed by atoms with van der Waals surface area (Å²) in [6.07, 6.45) is 3.81. The number of likely N-dealkylation sites (tertiary alicyclic amines) is 1. The smallest absolute Gasteiger partial charge is 0.410 e. The normalized spacial score (nSPS) is 13.0. The van der Waals surface area contributed by atoms with Gasteiger partial charge in [0.05, 0.1) is 4.47 Å². The monoisotopic (exact) mass is 604 g/mol. The predicted octanol–water partition coefficient (Wildman–Crippen LogP) is 4.40. The van der Waals surface area contributed by atoms with Gasteiger partial charge < -0.3 is 35.8 Å². The summed E-state index contributed by atoms with van der Waals surface area (Å²) in [5.74, 6) is 0.723. The molecule has 13 heteroatoms. The van der Waals surface area contributed by atoms with E-state index in [0.29, 0.717) is 41.4 Å². The predicted molar refractivity (Wildman–Crippen MR) is 154 cm³/mol. The quantitative estimate of drug-likeness (QED) is 0.292. The average Bonchev–Trinajstić information content (AvgIpc) is 3.40. The Bertz CT molecular complexity index is 1150. The van der Waals surface area contributed by atoms with Gasteiger partial charge in [-0.2, -0.15) is 4.98 Å². The molecule has 212 valence electrons. The zero-order chi connectivity index (χ0) is 28.4. The highest BCUT2D eigenvalue weighted by Gasteiger charge is 2.21. The molecule has 0 bridgehead atoms. The fourth-order valence-electron chi connectivity index (χ4n) is 3.68. The largest absolute Gasteiger partial charge is 0.444 e. The van der Waals surface area contributed by atoms with Gasteiger partial charge in [0.1, 0.15) is 18.0 Å². The van der Waals surface area contributed by atoms with Gasteiger partial charge in [-0.25, -0.2) is 14.6 Å². The fourth-order valence-corrected chi connectivity index (χ4v) is 4.01. The molecule has 0 aliphatic carbocycles. The molecule has 1 aliphatic heterocycles. The third-order valence-corrected chi connectivity index (χ3v) is 6.14. The molecule has 0 spiro atoms. The summed E-state index contributed by atoms with van der Waals surface area (Å²) in [7, 11) is 1.52. The SMILES string of the molecule is CN(CC(=O)NCCCNc1nc(Nc2cccc(NC(=O)N3CCCC3)c2)ncc1Br)C(=O)OC(C)(C)C. The van der Waals surface area contributed by atoms with E-state index in [4.69, 9.17) is 4.74 Å². The van der Waals surface area contributed by atoms with E-state index < -0.39 is 11.7 Å². The maximum absolute atomic E-state index is 12.4. The molecule has 1 aromatic carbocycles. The lowest BCUT2D eigenvalue weighted by Gasteiger charge is -2.24. The number of benzene rings is 1. The molecule has 4 amide bonds. The number of nitrogens with one attached hydrogen (secondary N) is 4. The topological polar surface area (TPSA) is 141 Å². The van der Waals surface area contributed by atoms with Crippen LogP contribution in [0.3, 0.4) is 0 Å². The van der Waals surface area contributed by atoms with Crippen molar-refractivity contribution < 1.29 is 19.1 Å². The van der Waals surface area contributed by atoms with Crippen LogP contribution in [0.1, 0.15) is 40.0 Å². The van der Waals surface area contributed by atoms with Crippen LogP contribution in [0.4, 0.5) is 32.7 Å². The summed E-state index contributed by atoms with van der Waals surface area (Å²) >= 11 is 3.45. The lowest BCUT2D eigenvalue weighted by molar-refractivity contribution is -0.122. The zero-order valence-corrected chi connectivity index (χ0v) is 24.4. The average molecular weight is 606 g/mol. The van der Waals surface area contributed by atoms with Gasteiger partial charge in [-0.05, 0) is 74.2 Å². The van der Waals surface area contributed by atoms with Crippen molar-refractivity contribution in [2.24, 2.45) is 0 Å². The van der Waals surface area contributed by atoms with E-state index in [1.807, 2.05) is 29.2 Å². The van der Waals surface area contributed by atoms with Crippen LogP contribution in [0.5, 0.6) is 0 Å². The van der Waals surface area contributed by atoms with E-state index in [1.165, 1.54) is 11.9 Å². The van der Waals surface area contributed by atoms with Crippen molar-refractivity contribution in [2.75, 3.05) is 55.7 Å². The molecule has 3 rings (SSSR count). The standard InChI is InChI=1S/C26H37BrN8O4/c1-26(2,3)39-25(38)34(4)17-21(36)28-11-8-12-29-22-20(27)16-30-23(33-22)31-18-9-7-10-19(15-18)32-24(37)35-13-5-6-14-35/h7,9-10,15-16H,5-6,8,11-14,17H2,1-4H3,(H,28,36)(H,32,37)(H2,29,30,31,33). The Balaban J connectivity index is 1.43. The Labute approximate surface area is 237 Å². The second-order valence-corrected chi connectivity index (χ2v) is 11.0. The highest BCUT2D eigenvalue weighted by molar-refractivity contribution is 9.10. The number of rotatable bonds is 10. The van der Waals surface area contributed by atoms with Crippen LogP contribution in [0.15, 0.2) is 34.9 Å². The molecule has 39 heavy (non-hydrogen) atoms. The first-order valence-electron chi connectivity index (χ1n) is 12.9. The number of nitrogens with zero attached hydrogens (tertiary/aromatic N) is 4. The first-order valence-corrected chi connectivity index (χ1v) is 13.7. The molecule has 4 N–H and O–H groups in total. The number of carbonyl (C=O) groups is 3. The van der Waals surface area contributed by atoms with Crippen LogP contribution < -0.4 is 21.3 Å². The highest BCUT2D eigenvalue weighted by atomic mass is 79.9. The molecule has 1 saturated heterocycles. The number of aromatic nitrogens is 2. The van der Waals surface area contributed by atoms with E-state index >= 15 is 0 Å². The number of ether oxygens (including phenoxy) is 1. The number of anilines is 4. The summed E-state index contributed by atoms with van der Waals surface area (Å²) in [5.41, 5.74) is 0.806. The van der Waals surface area contributed by atoms with Crippen molar-refractivity contribution >= 4 is 57.1 Å². The maximum atomic E-state index is 12.4. The molecule has 0 saturated carbocycles. The minimum absolute atomic E-state index is 0.0854. The zero-order valence-electron chi connectivity index (χ0n) is 22.8. The number of urea groups is 1. The Hall–Kier alpha value is -3.61. The van der Waals surface area contributed by atoms with Gasteiger partial charge in [-0.15, -0.1) is 0 Å². The molecule has 12 nitrogen and oxygen atoms in total. The summed E-state index contributed by atoms with van der Waals surface area (Å²) in [6, 6.07) is 7.28. The number of carbonyl (C=O) groups excluding carboxylic acids is 3. The molecule has 2 heterocycles. The van der Waals surface area contributed by atoms with E-state index in [2.05, 4.69) is 47.2 Å². The minimum Gasteiger partial charge on any atom is -0.444 e. The van der Waals surface area contributed by atoms with Crippen molar-refractivity contribution in [3.8, 4) is 0 Å². The molecular weight excluding hydrogens is 568 g/mol. The second-order valence-electron chi connectivity index (χ2n) is 10.2. The molecular formula is C26H37BrN8O4. The molecule has 0 atom stereocenters. The number of hydrogen-bond acceptors (Lipinski definition) is 8. The van der Waals surface area contributed by atoms with E-state index in [9.17, 15) is 14.4 Å². The Morgan fingerprint density at radius 1 is 1.13 bits per heavy atom. The molecule has 1 aliphatic rings. The number of amides is 4. The molecule has 2 aromatic rings. The van der Waals surface area contributed by atoms with Crippen LogP contribution in [-0.4, -0.2) is 83.2 Å². The van der Waals surface area contributed by atoms with Crippen molar-refractivity contribution in [3.63, 3.8) is 0 Å². The van der Waals surface area contributed by atoms with Gasteiger partial charge in [0, 0.05) is 50.8 Å². The minimum atomic E-state index is -0.618. The van der Waals surface area contributed by atoms with Crippen LogP contribution in [0.25, 0.3) is 0 Å². The molecule has 0 unspecified atom stereocenters. The summed E-state index contributed by atoms with van der Waals surface area (Å²) in [5, 5.41) is 12.1. The molecule has 0 radical (unpaired) electrons. The third kappa shape index (κ3) is 10.2. The van der Waals surface area contributed by atoms with E-state index in [1.54, 1.807) is 27.0 Å². The van der Waals surface area contributed by atoms with Crippen LogP contribution in [0.2, 0.25) is 0 Å². The number of hydrogen-bond donors (Lipinski definition) is 4. The number of likely N-dealkylation sites (N-methyl/N-ethyl adjacent to an activating group) is 1. The fraction of sp³-hybridized carbons (Fsp3) is 0.500. The lowest BCUT2D eigenvalue weighted by Crippen LogP contribution is -2.41. The Morgan fingerprint density at radius 2 is 1.85 bits per heavy atom. The van der Waals surface area contributed by atoms with Crippen molar-refractivity contribution in [1.29, 1.82) is 0 Å². The third-order valence-electron chi connectivity index (χ3n) is 5.56. The Kier molecular flexibility index (Phi) is 10.7. The van der Waals surface area contributed by atoms with Crippen LogP contribution >= 0.6 is 15.9 Å². The van der Waals surface area contributed by atoms with Gasteiger partial charge in [0.15, 0.2) is 0 Å².